The van der Waals surface area contributed by atoms with Gasteiger partial charge in [0.1, 0.15) is 5.75 Å². The highest BCUT2D eigenvalue weighted by atomic mass is 35.5. The Bertz CT molecular complexity index is 1330. The Labute approximate surface area is 215 Å². The topological polar surface area (TPSA) is 106 Å². The molecule has 0 radical (unpaired) electrons. The van der Waals surface area contributed by atoms with E-state index in [-0.39, 0.29) is 29.3 Å². The monoisotopic (exact) mass is 530 g/mol. The van der Waals surface area contributed by atoms with E-state index >= 15 is 0 Å². The van der Waals surface area contributed by atoms with Gasteiger partial charge in [-0.1, -0.05) is 23.7 Å². The molecule has 0 N–H and O–H groups in total. The lowest BCUT2D eigenvalue weighted by Gasteiger charge is -2.33. The van der Waals surface area contributed by atoms with Crippen molar-refractivity contribution in [2.24, 2.45) is 5.92 Å². The number of amides is 1. The Morgan fingerprint density at radius 1 is 1.08 bits per heavy atom. The van der Waals surface area contributed by atoms with Crippen LogP contribution in [0.25, 0.3) is 11.5 Å². The summed E-state index contributed by atoms with van der Waals surface area (Å²) in [5.41, 5.74) is 0.646. The molecule has 5 rings (SSSR count). The average Bonchev–Trinajstić information content (AvgIpc) is 3.64. The first-order valence-corrected chi connectivity index (χ1v) is 13.7. The Morgan fingerprint density at radius 2 is 1.78 bits per heavy atom. The van der Waals surface area contributed by atoms with Crippen LogP contribution in [0.1, 0.15) is 31.6 Å². The normalized spacial score (nSPS) is 17.2. The van der Waals surface area contributed by atoms with E-state index < -0.39 is 10.0 Å². The van der Waals surface area contributed by atoms with Crippen LogP contribution in [-0.4, -0.2) is 60.0 Å². The van der Waals surface area contributed by atoms with Gasteiger partial charge >= 0.3 is 0 Å². The third kappa shape index (κ3) is 5.11. The Balaban J connectivity index is 1.23. The molecule has 1 aliphatic carbocycles. The molecule has 1 aliphatic heterocycles. The molecule has 0 bridgehead atoms. The molecule has 0 unspecified atom stereocenters. The molecule has 11 heteroatoms. The first-order valence-electron chi connectivity index (χ1n) is 11.9. The smallest absolute Gasteiger partial charge is 0.249 e. The number of nitrogens with zero attached hydrogens (tertiary/aromatic N) is 4. The zero-order chi connectivity index (χ0) is 25.3. The lowest BCUT2D eigenvalue weighted by atomic mass is 9.96. The Hall–Kier alpha value is -2.95. The van der Waals surface area contributed by atoms with Crippen LogP contribution in [0, 0.1) is 5.92 Å². The minimum absolute atomic E-state index is 0.0106. The number of methoxy groups -OCH3 is 1. The first kappa shape index (κ1) is 24.7. The molecule has 9 nitrogen and oxygen atoms in total. The second-order valence-electron chi connectivity index (χ2n) is 9.03. The molecule has 3 aromatic rings. The van der Waals surface area contributed by atoms with Crippen molar-refractivity contribution in [3.8, 4) is 17.2 Å². The zero-order valence-electron chi connectivity index (χ0n) is 19.8. The lowest BCUT2D eigenvalue weighted by Crippen LogP contribution is -2.44. The van der Waals surface area contributed by atoms with E-state index in [1.54, 1.807) is 36.4 Å². The Morgan fingerprint density at radius 3 is 2.42 bits per heavy atom. The van der Waals surface area contributed by atoms with Crippen molar-refractivity contribution in [3.05, 3.63) is 59.4 Å². The summed E-state index contributed by atoms with van der Waals surface area (Å²) in [6.07, 6.45) is 2.79. The van der Waals surface area contributed by atoms with E-state index in [2.05, 4.69) is 10.2 Å². The van der Waals surface area contributed by atoms with Gasteiger partial charge in [-0.05, 0) is 62.1 Å². The quantitative estimate of drug-likeness (QED) is 0.433. The van der Waals surface area contributed by atoms with Crippen LogP contribution in [0.5, 0.6) is 5.75 Å². The number of rotatable bonds is 8. The fourth-order valence-corrected chi connectivity index (χ4v) is 6.14. The van der Waals surface area contributed by atoms with Crippen LogP contribution >= 0.6 is 11.6 Å². The molecule has 0 spiro atoms. The summed E-state index contributed by atoms with van der Waals surface area (Å²) in [4.78, 5) is 15.5. The maximum Gasteiger partial charge on any atom is 0.249 e. The summed E-state index contributed by atoms with van der Waals surface area (Å²) in [7, 11) is -2.09. The van der Waals surface area contributed by atoms with Crippen LogP contribution in [0.2, 0.25) is 5.02 Å². The minimum atomic E-state index is -3.63. The van der Waals surface area contributed by atoms with Crippen LogP contribution in [0.3, 0.4) is 0 Å². The van der Waals surface area contributed by atoms with Gasteiger partial charge in [-0.2, -0.15) is 4.31 Å². The van der Waals surface area contributed by atoms with Crippen LogP contribution in [0.4, 0.5) is 0 Å². The summed E-state index contributed by atoms with van der Waals surface area (Å²) in [5.74, 6) is 1.02. The van der Waals surface area contributed by atoms with Crippen molar-refractivity contribution in [2.75, 3.05) is 20.2 Å². The Kier molecular flexibility index (Phi) is 7.00. The number of aromatic nitrogens is 2. The standard InChI is InChI=1S/C25H27ClN4O5S/c1-34-19-8-10-20(11-9-19)36(32,33)29-14-12-17(13-15-29)25(31)30(18-6-7-18)16-23-27-28-24(35-23)21-4-2-3-5-22(21)26/h2-5,8-11,17-18H,6-7,12-16H2,1H3. The zero-order valence-corrected chi connectivity index (χ0v) is 21.4. The maximum atomic E-state index is 13.4. The van der Waals surface area contributed by atoms with Crippen LogP contribution in [0.15, 0.2) is 57.8 Å². The molecule has 2 aromatic carbocycles. The number of carbonyl (C=O) groups is 1. The number of carbonyl (C=O) groups excluding carboxylic acids is 1. The van der Waals surface area contributed by atoms with Gasteiger partial charge in [-0.25, -0.2) is 8.42 Å². The van der Waals surface area contributed by atoms with Crippen LogP contribution in [-0.2, 0) is 21.4 Å². The third-order valence-corrected chi connectivity index (χ3v) is 8.89. The fraction of sp³-hybridized carbons (Fsp3) is 0.400. The van der Waals surface area contributed by atoms with Gasteiger partial charge in [-0.3, -0.25) is 4.79 Å². The predicted octanol–water partition coefficient (Wildman–Crippen LogP) is 3.99. The fourth-order valence-electron chi connectivity index (χ4n) is 4.45. The van der Waals surface area contributed by atoms with Crippen molar-refractivity contribution in [1.29, 1.82) is 0 Å². The molecule has 1 saturated heterocycles. The molecule has 2 aliphatic rings. The highest BCUT2D eigenvalue weighted by molar-refractivity contribution is 7.89. The van der Waals surface area contributed by atoms with E-state index in [0.717, 1.165) is 12.8 Å². The molecule has 1 amide bonds. The van der Waals surface area contributed by atoms with E-state index in [0.29, 0.717) is 54.0 Å². The SMILES string of the molecule is COc1ccc(S(=O)(=O)N2CCC(C(=O)N(Cc3nnc(-c4ccccc4Cl)o3)C3CC3)CC2)cc1. The first-order chi connectivity index (χ1) is 17.4. The van der Waals surface area contributed by atoms with Gasteiger partial charge in [0, 0.05) is 25.0 Å². The third-order valence-electron chi connectivity index (χ3n) is 6.65. The number of hydrogen-bond donors (Lipinski definition) is 0. The molecular weight excluding hydrogens is 504 g/mol. The molecule has 190 valence electrons. The second-order valence-corrected chi connectivity index (χ2v) is 11.4. The van der Waals surface area contributed by atoms with Gasteiger partial charge in [0.05, 0.1) is 29.1 Å². The summed E-state index contributed by atoms with van der Waals surface area (Å²) in [6.45, 7) is 0.812. The van der Waals surface area contributed by atoms with Crippen molar-refractivity contribution in [1.82, 2.24) is 19.4 Å². The number of sulfonamides is 1. The van der Waals surface area contributed by atoms with Crippen molar-refractivity contribution in [3.63, 3.8) is 0 Å². The largest absolute Gasteiger partial charge is 0.497 e. The van der Waals surface area contributed by atoms with Gasteiger partial charge in [-0.15, -0.1) is 10.2 Å². The van der Waals surface area contributed by atoms with E-state index in [1.165, 1.54) is 11.4 Å². The van der Waals surface area contributed by atoms with Gasteiger partial charge in [0.15, 0.2) is 0 Å². The van der Waals surface area contributed by atoms with Crippen LogP contribution < -0.4 is 4.74 Å². The minimum Gasteiger partial charge on any atom is -0.497 e. The number of halogens is 1. The van der Waals surface area contributed by atoms with Gasteiger partial charge in [0.25, 0.3) is 0 Å². The molecule has 1 saturated carbocycles. The highest BCUT2D eigenvalue weighted by Crippen LogP contribution is 2.33. The number of hydrogen-bond acceptors (Lipinski definition) is 7. The number of piperidine rings is 1. The van der Waals surface area contributed by atoms with E-state index in [1.807, 2.05) is 17.0 Å². The molecular formula is C25H27ClN4O5S. The number of ether oxygens (including phenoxy) is 1. The van der Waals surface area contributed by atoms with Gasteiger partial charge < -0.3 is 14.1 Å². The molecule has 2 fully saturated rings. The van der Waals surface area contributed by atoms with Gasteiger partial charge in [0.2, 0.25) is 27.7 Å². The molecule has 0 atom stereocenters. The average molecular weight is 531 g/mol. The van der Waals surface area contributed by atoms with Crippen molar-refractivity contribution >= 4 is 27.5 Å². The molecule has 1 aromatic heterocycles. The molecule has 2 heterocycles. The van der Waals surface area contributed by atoms with E-state index in [4.69, 9.17) is 20.8 Å². The van der Waals surface area contributed by atoms with Crippen molar-refractivity contribution in [2.45, 2.75) is 43.2 Å². The van der Waals surface area contributed by atoms with Crippen molar-refractivity contribution < 1.29 is 22.4 Å². The predicted molar refractivity (Wildman–Crippen MR) is 133 cm³/mol. The second kappa shape index (κ2) is 10.2. The summed E-state index contributed by atoms with van der Waals surface area (Å²) in [5, 5.41) is 8.76. The maximum absolute atomic E-state index is 13.4. The lowest BCUT2D eigenvalue weighted by molar-refractivity contribution is -0.138. The van der Waals surface area contributed by atoms with E-state index in [9.17, 15) is 13.2 Å². The summed E-state index contributed by atoms with van der Waals surface area (Å²) in [6, 6.07) is 13.7. The summed E-state index contributed by atoms with van der Waals surface area (Å²) < 4.78 is 38.5. The molecule has 36 heavy (non-hydrogen) atoms. The highest BCUT2D eigenvalue weighted by Gasteiger charge is 2.39. The summed E-state index contributed by atoms with van der Waals surface area (Å²) >= 11 is 6.24. The number of benzene rings is 2.